The second-order valence-electron chi connectivity index (χ2n) is 6.89. The zero-order chi connectivity index (χ0) is 12.8. The van der Waals surface area contributed by atoms with Crippen molar-refractivity contribution < 1.29 is 4.74 Å². The highest BCUT2D eigenvalue weighted by Crippen LogP contribution is 2.42. The van der Waals surface area contributed by atoms with Crippen LogP contribution in [0.1, 0.15) is 46.5 Å². The van der Waals surface area contributed by atoms with Crippen molar-refractivity contribution in [2.45, 2.75) is 70.2 Å². The van der Waals surface area contributed by atoms with Gasteiger partial charge in [-0.2, -0.15) is 0 Å². The molecule has 2 aliphatic heterocycles. The predicted octanol–water partition coefficient (Wildman–Crippen LogP) is 2.02. The summed E-state index contributed by atoms with van der Waals surface area (Å²) in [6.45, 7) is 10.4. The zero-order valence-electron chi connectivity index (χ0n) is 12.1. The van der Waals surface area contributed by atoms with Gasteiger partial charge in [0.25, 0.3) is 0 Å². The van der Waals surface area contributed by atoms with E-state index in [0.717, 1.165) is 19.1 Å². The first kappa shape index (κ1) is 12.9. The highest BCUT2D eigenvalue weighted by molar-refractivity contribution is 5.04. The molecule has 0 amide bonds. The molecule has 3 fully saturated rings. The lowest BCUT2D eigenvalue weighted by Crippen LogP contribution is -2.66. The van der Waals surface area contributed by atoms with Crippen LogP contribution in [0.25, 0.3) is 0 Å². The highest BCUT2D eigenvalue weighted by atomic mass is 16.5. The Balaban J connectivity index is 1.68. The number of hydrogen-bond donors (Lipinski definition) is 1. The van der Waals surface area contributed by atoms with E-state index < -0.39 is 0 Å². The maximum absolute atomic E-state index is 5.90. The second-order valence-corrected chi connectivity index (χ2v) is 6.89. The van der Waals surface area contributed by atoms with E-state index in [-0.39, 0.29) is 0 Å². The van der Waals surface area contributed by atoms with E-state index >= 15 is 0 Å². The molecule has 3 heteroatoms. The molecule has 1 N–H and O–H groups in total. The van der Waals surface area contributed by atoms with Crippen LogP contribution < -0.4 is 5.32 Å². The average molecular weight is 252 g/mol. The number of hydrogen-bond acceptors (Lipinski definition) is 3. The summed E-state index contributed by atoms with van der Waals surface area (Å²) < 4.78 is 5.90. The summed E-state index contributed by atoms with van der Waals surface area (Å²) in [5.41, 5.74) is 0.347. The number of nitrogens with one attached hydrogen (secondary N) is 1. The lowest BCUT2D eigenvalue weighted by Gasteiger charge is -2.49. The molecular formula is C15H28N2O. The molecule has 3 rings (SSSR count). The minimum atomic E-state index is 0.347. The van der Waals surface area contributed by atoms with Crippen LogP contribution in [-0.2, 0) is 4.74 Å². The predicted molar refractivity (Wildman–Crippen MR) is 73.7 cm³/mol. The summed E-state index contributed by atoms with van der Waals surface area (Å²) in [4.78, 5) is 2.70. The summed E-state index contributed by atoms with van der Waals surface area (Å²) >= 11 is 0. The number of rotatable bonds is 3. The van der Waals surface area contributed by atoms with Gasteiger partial charge in [0.1, 0.15) is 0 Å². The molecule has 4 unspecified atom stereocenters. The van der Waals surface area contributed by atoms with Gasteiger partial charge in [0, 0.05) is 37.3 Å². The summed E-state index contributed by atoms with van der Waals surface area (Å²) in [6.07, 6.45) is 5.79. The maximum atomic E-state index is 5.90. The number of ether oxygens (including phenoxy) is 1. The Morgan fingerprint density at radius 2 is 2.11 bits per heavy atom. The smallest absolute Gasteiger partial charge is 0.0728 e. The third kappa shape index (κ3) is 2.33. The van der Waals surface area contributed by atoms with Gasteiger partial charge in [-0.15, -0.1) is 0 Å². The highest BCUT2D eigenvalue weighted by Gasteiger charge is 2.47. The first-order chi connectivity index (χ1) is 8.60. The van der Waals surface area contributed by atoms with Gasteiger partial charge in [0.15, 0.2) is 0 Å². The monoisotopic (exact) mass is 252 g/mol. The molecule has 0 radical (unpaired) electrons. The number of piperazine rings is 1. The Bertz CT molecular complexity index is 299. The molecule has 18 heavy (non-hydrogen) atoms. The van der Waals surface area contributed by atoms with E-state index in [0.29, 0.717) is 23.7 Å². The quantitative estimate of drug-likeness (QED) is 0.831. The summed E-state index contributed by atoms with van der Waals surface area (Å²) in [5, 5.41) is 3.80. The fourth-order valence-electron chi connectivity index (χ4n) is 3.83. The first-order valence-corrected chi connectivity index (χ1v) is 7.72. The molecule has 3 nitrogen and oxygen atoms in total. The zero-order valence-corrected chi connectivity index (χ0v) is 12.1. The van der Waals surface area contributed by atoms with Gasteiger partial charge in [0.2, 0.25) is 0 Å². The van der Waals surface area contributed by atoms with E-state index in [4.69, 9.17) is 4.74 Å². The van der Waals surface area contributed by atoms with Gasteiger partial charge in [0.05, 0.1) is 6.10 Å². The molecule has 2 saturated heterocycles. The lowest BCUT2D eigenvalue weighted by molar-refractivity contribution is -0.0178. The summed E-state index contributed by atoms with van der Waals surface area (Å²) in [6, 6.07) is 1.21. The lowest BCUT2D eigenvalue weighted by atomic mass is 9.89. The minimum Gasteiger partial charge on any atom is -0.377 e. The van der Waals surface area contributed by atoms with Crippen LogP contribution in [0.5, 0.6) is 0 Å². The van der Waals surface area contributed by atoms with Crippen molar-refractivity contribution >= 4 is 0 Å². The van der Waals surface area contributed by atoms with E-state index in [2.05, 4.69) is 31.0 Å². The molecule has 0 aromatic heterocycles. The topological polar surface area (TPSA) is 24.5 Å². The van der Waals surface area contributed by atoms with Crippen LogP contribution in [0.4, 0.5) is 0 Å². The van der Waals surface area contributed by atoms with Crippen molar-refractivity contribution in [2.24, 2.45) is 5.92 Å². The van der Waals surface area contributed by atoms with Crippen LogP contribution in [0.15, 0.2) is 0 Å². The van der Waals surface area contributed by atoms with Crippen LogP contribution in [-0.4, -0.2) is 48.3 Å². The molecule has 1 aliphatic carbocycles. The van der Waals surface area contributed by atoms with Gasteiger partial charge in [-0.05, 0) is 52.4 Å². The standard InChI is InChI=1S/C15H28N2O/c1-11-9-16-15(3,13-6-7-13)10-17(11)12(2)14-5-4-8-18-14/h11-14,16H,4-10H2,1-3H3. The van der Waals surface area contributed by atoms with Crippen molar-refractivity contribution in [3.8, 4) is 0 Å². The summed E-state index contributed by atoms with van der Waals surface area (Å²) in [5.74, 6) is 0.907. The molecular weight excluding hydrogens is 224 g/mol. The SMILES string of the molecule is CC1CNC(C)(C2CC2)CN1C(C)C1CCCO1. The van der Waals surface area contributed by atoms with E-state index in [1.807, 2.05) is 0 Å². The van der Waals surface area contributed by atoms with Gasteiger partial charge < -0.3 is 10.1 Å². The maximum Gasteiger partial charge on any atom is 0.0728 e. The molecule has 0 spiro atoms. The fraction of sp³-hybridized carbons (Fsp3) is 1.00. The Hall–Kier alpha value is -0.120. The molecule has 3 aliphatic rings. The Kier molecular flexibility index (Phi) is 3.41. The molecule has 4 atom stereocenters. The fourth-order valence-corrected chi connectivity index (χ4v) is 3.83. The summed E-state index contributed by atoms with van der Waals surface area (Å²) in [7, 11) is 0. The number of nitrogens with zero attached hydrogens (tertiary/aromatic N) is 1. The third-order valence-electron chi connectivity index (χ3n) is 5.38. The average Bonchev–Trinajstić information content (AvgIpc) is 3.09. The molecule has 0 aromatic rings. The van der Waals surface area contributed by atoms with Crippen molar-refractivity contribution in [3.05, 3.63) is 0 Å². The van der Waals surface area contributed by atoms with Gasteiger partial charge in [-0.3, -0.25) is 4.90 Å². The Morgan fingerprint density at radius 3 is 2.72 bits per heavy atom. The van der Waals surface area contributed by atoms with Crippen LogP contribution in [0.2, 0.25) is 0 Å². The van der Waals surface area contributed by atoms with E-state index in [1.165, 1.54) is 32.2 Å². The van der Waals surface area contributed by atoms with Crippen molar-refractivity contribution in [1.82, 2.24) is 10.2 Å². The van der Waals surface area contributed by atoms with Crippen molar-refractivity contribution in [1.29, 1.82) is 0 Å². The van der Waals surface area contributed by atoms with Crippen LogP contribution in [0.3, 0.4) is 0 Å². The first-order valence-electron chi connectivity index (χ1n) is 7.72. The van der Waals surface area contributed by atoms with Gasteiger partial charge >= 0.3 is 0 Å². The van der Waals surface area contributed by atoms with Crippen molar-refractivity contribution in [3.63, 3.8) is 0 Å². The normalized spacial score (nSPS) is 44.2. The van der Waals surface area contributed by atoms with Gasteiger partial charge in [-0.1, -0.05) is 0 Å². The van der Waals surface area contributed by atoms with Crippen LogP contribution in [0, 0.1) is 5.92 Å². The van der Waals surface area contributed by atoms with Crippen LogP contribution >= 0.6 is 0 Å². The van der Waals surface area contributed by atoms with Gasteiger partial charge in [-0.25, -0.2) is 0 Å². The van der Waals surface area contributed by atoms with Crippen molar-refractivity contribution in [2.75, 3.05) is 19.7 Å². The minimum absolute atomic E-state index is 0.347. The third-order valence-corrected chi connectivity index (χ3v) is 5.38. The Morgan fingerprint density at radius 1 is 1.33 bits per heavy atom. The molecule has 0 aromatic carbocycles. The molecule has 0 bridgehead atoms. The largest absolute Gasteiger partial charge is 0.377 e. The van der Waals surface area contributed by atoms with E-state index in [9.17, 15) is 0 Å². The second kappa shape index (κ2) is 4.77. The molecule has 2 heterocycles. The molecule has 1 saturated carbocycles. The Labute approximate surface area is 111 Å². The van der Waals surface area contributed by atoms with E-state index in [1.54, 1.807) is 0 Å². The molecule has 104 valence electrons.